The summed E-state index contributed by atoms with van der Waals surface area (Å²) in [5, 5.41) is 3.16. The van der Waals surface area contributed by atoms with Crippen molar-refractivity contribution >= 4 is 5.97 Å². The van der Waals surface area contributed by atoms with Gasteiger partial charge in [-0.3, -0.25) is 4.79 Å². The van der Waals surface area contributed by atoms with E-state index in [1.807, 2.05) is 32.0 Å². The minimum absolute atomic E-state index is 0.258. The molecule has 0 aliphatic rings. The van der Waals surface area contributed by atoms with Crippen molar-refractivity contribution in [3.63, 3.8) is 0 Å². The predicted octanol–water partition coefficient (Wildman–Crippen LogP) is 2.61. The number of benzene rings is 1. The lowest BCUT2D eigenvalue weighted by molar-refractivity contribution is -0.146. The topological polar surface area (TPSA) is 47.6 Å². The molecule has 112 valence electrons. The molecule has 0 spiro atoms. The molecule has 0 saturated heterocycles. The van der Waals surface area contributed by atoms with Gasteiger partial charge in [0.05, 0.1) is 6.61 Å². The average molecular weight is 279 g/mol. The number of carbonyl (C=O) groups is 1. The first-order valence-corrected chi connectivity index (χ1v) is 7.19. The highest BCUT2D eigenvalue weighted by Gasteiger charge is 2.20. The fraction of sp³-hybridized carbons (Fsp3) is 0.562. The molecule has 0 bridgehead atoms. The molecule has 0 aromatic heterocycles. The van der Waals surface area contributed by atoms with Gasteiger partial charge in [-0.2, -0.15) is 0 Å². The Morgan fingerprint density at radius 3 is 2.70 bits per heavy atom. The van der Waals surface area contributed by atoms with Crippen molar-refractivity contribution in [3.05, 3.63) is 29.3 Å². The van der Waals surface area contributed by atoms with E-state index in [1.54, 1.807) is 6.92 Å². The second kappa shape index (κ2) is 8.59. The highest BCUT2D eigenvalue weighted by atomic mass is 16.5. The highest BCUT2D eigenvalue weighted by molar-refractivity contribution is 5.76. The number of nitrogens with one attached hydrogen (secondary N) is 1. The van der Waals surface area contributed by atoms with E-state index in [0.29, 0.717) is 6.61 Å². The Labute approximate surface area is 121 Å². The molecule has 0 saturated carbocycles. The first-order chi connectivity index (χ1) is 9.60. The SMILES string of the molecule is CCCNC(COc1cccc(C)c1C)C(=O)OCC. The van der Waals surface area contributed by atoms with Gasteiger partial charge in [0.1, 0.15) is 18.4 Å². The molecule has 4 heteroatoms. The monoisotopic (exact) mass is 279 g/mol. The largest absolute Gasteiger partial charge is 0.491 e. The second-order valence-corrected chi connectivity index (χ2v) is 4.77. The Morgan fingerprint density at radius 1 is 1.30 bits per heavy atom. The molecule has 0 aliphatic carbocycles. The highest BCUT2D eigenvalue weighted by Crippen LogP contribution is 2.20. The lowest BCUT2D eigenvalue weighted by Gasteiger charge is -2.18. The van der Waals surface area contributed by atoms with Crippen LogP contribution < -0.4 is 10.1 Å². The molecule has 1 aromatic carbocycles. The van der Waals surface area contributed by atoms with E-state index in [1.165, 1.54) is 5.56 Å². The zero-order valence-electron chi connectivity index (χ0n) is 12.9. The Bertz CT molecular complexity index is 432. The zero-order chi connectivity index (χ0) is 15.0. The Hall–Kier alpha value is -1.55. The van der Waals surface area contributed by atoms with E-state index in [0.717, 1.165) is 24.3 Å². The number of hydrogen-bond donors (Lipinski definition) is 1. The zero-order valence-corrected chi connectivity index (χ0v) is 12.9. The van der Waals surface area contributed by atoms with Gasteiger partial charge in [0.25, 0.3) is 0 Å². The summed E-state index contributed by atoms with van der Waals surface area (Å²) in [4.78, 5) is 11.9. The molecule has 1 unspecified atom stereocenters. The quantitative estimate of drug-likeness (QED) is 0.743. The van der Waals surface area contributed by atoms with Crippen molar-refractivity contribution in [2.75, 3.05) is 19.8 Å². The molecule has 0 heterocycles. The maximum Gasteiger partial charge on any atom is 0.326 e. The number of carbonyl (C=O) groups excluding carboxylic acids is 1. The van der Waals surface area contributed by atoms with Gasteiger partial charge in [-0.25, -0.2) is 0 Å². The lowest BCUT2D eigenvalue weighted by Crippen LogP contribution is -2.43. The van der Waals surface area contributed by atoms with Crippen molar-refractivity contribution in [1.82, 2.24) is 5.32 Å². The molecule has 20 heavy (non-hydrogen) atoms. The van der Waals surface area contributed by atoms with Crippen LogP contribution in [0.25, 0.3) is 0 Å². The minimum atomic E-state index is -0.421. The molecule has 0 radical (unpaired) electrons. The van der Waals surface area contributed by atoms with Crippen LogP contribution in [0.4, 0.5) is 0 Å². The summed E-state index contributed by atoms with van der Waals surface area (Å²) in [6, 6.07) is 5.50. The number of aryl methyl sites for hydroxylation is 1. The van der Waals surface area contributed by atoms with Gasteiger partial charge < -0.3 is 14.8 Å². The average Bonchev–Trinajstić information content (AvgIpc) is 2.43. The van der Waals surface area contributed by atoms with Crippen LogP contribution in [-0.2, 0) is 9.53 Å². The first kappa shape index (κ1) is 16.5. The number of hydrogen-bond acceptors (Lipinski definition) is 4. The van der Waals surface area contributed by atoms with Gasteiger partial charge in [0.15, 0.2) is 0 Å². The van der Waals surface area contributed by atoms with Gasteiger partial charge >= 0.3 is 5.97 Å². The number of rotatable bonds is 8. The third kappa shape index (κ3) is 4.85. The number of ether oxygens (including phenoxy) is 2. The summed E-state index contributed by atoms with van der Waals surface area (Å²) in [5.74, 6) is 0.559. The Morgan fingerprint density at radius 2 is 2.05 bits per heavy atom. The van der Waals surface area contributed by atoms with Crippen LogP contribution in [0.2, 0.25) is 0 Å². The molecule has 1 rings (SSSR count). The fourth-order valence-electron chi connectivity index (χ4n) is 1.83. The Balaban J connectivity index is 2.65. The van der Waals surface area contributed by atoms with Crippen molar-refractivity contribution < 1.29 is 14.3 Å². The molecule has 1 atom stereocenters. The molecule has 0 fully saturated rings. The smallest absolute Gasteiger partial charge is 0.326 e. The van der Waals surface area contributed by atoms with E-state index in [2.05, 4.69) is 12.2 Å². The summed E-state index contributed by atoms with van der Waals surface area (Å²) in [5.41, 5.74) is 2.28. The van der Waals surface area contributed by atoms with Crippen LogP contribution in [0, 0.1) is 13.8 Å². The molecule has 0 aliphatic heterocycles. The molecule has 1 N–H and O–H groups in total. The minimum Gasteiger partial charge on any atom is -0.491 e. The van der Waals surface area contributed by atoms with Crippen LogP contribution in [0.3, 0.4) is 0 Å². The third-order valence-corrected chi connectivity index (χ3v) is 3.17. The van der Waals surface area contributed by atoms with Gasteiger partial charge in [-0.1, -0.05) is 19.1 Å². The molecular formula is C16H25NO3. The maximum atomic E-state index is 11.9. The lowest BCUT2D eigenvalue weighted by atomic mass is 10.1. The number of esters is 1. The van der Waals surface area contributed by atoms with Crippen LogP contribution in [-0.4, -0.2) is 31.8 Å². The van der Waals surface area contributed by atoms with Crippen molar-refractivity contribution in [2.45, 2.75) is 40.2 Å². The fourth-order valence-corrected chi connectivity index (χ4v) is 1.83. The second-order valence-electron chi connectivity index (χ2n) is 4.77. The van der Waals surface area contributed by atoms with Gasteiger partial charge in [0.2, 0.25) is 0 Å². The van der Waals surface area contributed by atoms with Gasteiger partial charge in [0, 0.05) is 0 Å². The molecule has 0 amide bonds. The van der Waals surface area contributed by atoms with E-state index < -0.39 is 6.04 Å². The first-order valence-electron chi connectivity index (χ1n) is 7.19. The van der Waals surface area contributed by atoms with Crippen molar-refractivity contribution in [1.29, 1.82) is 0 Å². The van der Waals surface area contributed by atoms with E-state index in [9.17, 15) is 4.79 Å². The van der Waals surface area contributed by atoms with Crippen LogP contribution in [0.1, 0.15) is 31.4 Å². The summed E-state index contributed by atoms with van der Waals surface area (Å²) >= 11 is 0. The van der Waals surface area contributed by atoms with Crippen LogP contribution >= 0.6 is 0 Å². The summed E-state index contributed by atoms with van der Waals surface area (Å²) in [7, 11) is 0. The van der Waals surface area contributed by atoms with E-state index >= 15 is 0 Å². The summed E-state index contributed by atoms with van der Waals surface area (Å²) in [6.45, 7) is 9.35. The molecule has 4 nitrogen and oxygen atoms in total. The predicted molar refractivity (Wildman–Crippen MR) is 80.1 cm³/mol. The van der Waals surface area contributed by atoms with E-state index in [-0.39, 0.29) is 12.6 Å². The van der Waals surface area contributed by atoms with Gasteiger partial charge in [-0.05, 0) is 50.9 Å². The third-order valence-electron chi connectivity index (χ3n) is 3.17. The van der Waals surface area contributed by atoms with E-state index in [4.69, 9.17) is 9.47 Å². The molecule has 1 aromatic rings. The van der Waals surface area contributed by atoms with Crippen molar-refractivity contribution in [2.24, 2.45) is 0 Å². The standard InChI is InChI=1S/C16H25NO3/c1-5-10-17-14(16(18)19-6-2)11-20-15-9-7-8-12(3)13(15)4/h7-9,14,17H,5-6,10-11H2,1-4H3. The Kier molecular flexibility index (Phi) is 7.09. The summed E-state index contributed by atoms with van der Waals surface area (Å²) < 4.78 is 10.8. The van der Waals surface area contributed by atoms with Crippen LogP contribution in [0.15, 0.2) is 18.2 Å². The normalized spacial score (nSPS) is 12.0. The van der Waals surface area contributed by atoms with Gasteiger partial charge in [-0.15, -0.1) is 0 Å². The summed E-state index contributed by atoms with van der Waals surface area (Å²) in [6.07, 6.45) is 0.958. The van der Waals surface area contributed by atoms with Crippen LogP contribution in [0.5, 0.6) is 5.75 Å². The van der Waals surface area contributed by atoms with Crippen molar-refractivity contribution in [3.8, 4) is 5.75 Å². The maximum absolute atomic E-state index is 11.9. The molecular weight excluding hydrogens is 254 g/mol.